The summed E-state index contributed by atoms with van der Waals surface area (Å²) in [6.07, 6.45) is 0. The lowest BCUT2D eigenvalue weighted by Gasteiger charge is -2.17. The second-order valence-electron chi connectivity index (χ2n) is 5.30. The summed E-state index contributed by atoms with van der Waals surface area (Å²) >= 11 is 1.40. The van der Waals surface area contributed by atoms with Crippen LogP contribution in [0.5, 0.6) is 5.75 Å². The van der Waals surface area contributed by atoms with Crippen molar-refractivity contribution in [3.63, 3.8) is 0 Å². The first kappa shape index (κ1) is 17.1. The lowest BCUT2D eigenvalue weighted by Crippen LogP contribution is -2.30. The van der Waals surface area contributed by atoms with Gasteiger partial charge in [-0.05, 0) is 55.5 Å². The third-order valence-corrected chi connectivity index (χ3v) is 4.62. The number of amides is 1. The minimum Gasteiger partial charge on any atom is -0.497 e. The van der Waals surface area contributed by atoms with E-state index in [1.807, 2.05) is 36.6 Å². The highest BCUT2D eigenvalue weighted by Crippen LogP contribution is 2.29. The van der Waals surface area contributed by atoms with Crippen LogP contribution in [0.3, 0.4) is 0 Å². The molecule has 25 heavy (non-hydrogen) atoms. The van der Waals surface area contributed by atoms with Crippen LogP contribution < -0.4 is 9.64 Å². The highest BCUT2D eigenvalue weighted by atomic mass is 32.1. The first-order valence-electron chi connectivity index (χ1n) is 7.79. The first-order chi connectivity index (χ1) is 12.1. The predicted molar refractivity (Wildman–Crippen MR) is 97.9 cm³/mol. The smallest absolute Gasteiger partial charge is 0.260 e. The molecule has 1 aromatic heterocycles. The summed E-state index contributed by atoms with van der Waals surface area (Å²) in [5.41, 5.74) is 2.19. The quantitative estimate of drug-likeness (QED) is 0.670. The fourth-order valence-electron chi connectivity index (χ4n) is 2.40. The minimum absolute atomic E-state index is 0.196. The van der Waals surface area contributed by atoms with Crippen molar-refractivity contribution < 1.29 is 13.9 Å². The van der Waals surface area contributed by atoms with Crippen LogP contribution in [-0.2, 0) is 0 Å². The number of hydrogen-bond acceptors (Lipinski definition) is 4. The molecule has 1 heterocycles. The van der Waals surface area contributed by atoms with E-state index >= 15 is 0 Å². The highest BCUT2D eigenvalue weighted by Gasteiger charge is 2.19. The average molecular weight is 356 g/mol. The van der Waals surface area contributed by atoms with E-state index in [4.69, 9.17) is 4.74 Å². The number of benzene rings is 2. The second-order valence-corrected chi connectivity index (χ2v) is 6.14. The van der Waals surface area contributed by atoms with E-state index in [0.717, 1.165) is 17.0 Å². The topological polar surface area (TPSA) is 42.4 Å². The van der Waals surface area contributed by atoms with Crippen molar-refractivity contribution in [3.8, 4) is 17.0 Å². The summed E-state index contributed by atoms with van der Waals surface area (Å²) in [6, 6.07) is 13.1. The van der Waals surface area contributed by atoms with Gasteiger partial charge in [-0.15, -0.1) is 11.3 Å². The van der Waals surface area contributed by atoms with Gasteiger partial charge in [0.2, 0.25) is 0 Å². The Morgan fingerprint density at radius 1 is 1.16 bits per heavy atom. The lowest BCUT2D eigenvalue weighted by atomic mass is 10.2. The molecule has 3 rings (SSSR count). The minimum atomic E-state index is -0.365. The Morgan fingerprint density at radius 3 is 2.44 bits per heavy atom. The van der Waals surface area contributed by atoms with Crippen molar-refractivity contribution in [3.05, 3.63) is 65.3 Å². The van der Waals surface area contributed by atoms with Gasteiger partial charge in [0.05, 0.1) is 12.8 Å². The molecule has 0 radical (unpaired) electrons. The molecule has 0 saturated carbocycles. The van der Waals surface area contributed by atoms with E-state index in [1.54, 1.807) is 12.0 Å². The molecule has 0 aliphatic heterocycles. The molecule has 0 atom stereocenters. The van der Waals surface area contributed by atoms with Crippen molar-refractivity contribution >= 4 is 22.4 Å². The van der Waals surface area contributed by atoms with Gasteiger partial charge in [-0.25, -0.2) is 9.37 Å². The SMILES string of the molecule is CCN(C(=O)c1ccc(F)cc1)c1nc(-c2ccc(OC)cc2)cs1. The molecule has 0 unspecified atom stereocenters. The highest BCUT2D eigenvalue weighted by molar-refractivity contribution is 7.14. The monoisotopic (exact) mass is 356 g/mol. The molecule has 0 saturated heterocycles. The van der Waals surface area contributed by atoms with Gasteiger partial charge in [0.25, 0.3) is 5.91 Å². The maximum atomic E-state index is 13.1. The van der Waals surface area contributed by atoms with Crippen LogP contribution in [0.25, 0.3) is 11.3 Å². The van der Waals surface area contributed by atoms with E-state index in [-0.39, 0.29) is 11.7 Å². The zero-order valence-corrected chi connectivity index (χ0v) is 14.7. The maximum absolute atomic E-state index is 13.1. The van der Waals surface area contributed by atoms with E-state index in [2.05, 4.69) is 4.98 Å². The molecule has 0 aliphatic rings. The normalized spacial score (nSPS) is 10.5. The number of nitrogens with zero attached hydrogens (tertiary/aromatic N) is 2. The Bertz CT molecular complexity index is 860. The van der Waals surface area contributed by atoms with Crippen molar-refractivity contribution in [2.45, 2.75) is 6.92 Å². The number of anilines is 1. The Kier molecular flexibility index (Phi) is 5.09. The summed E-state index contributed by atoms with van der Waals surface area (Å²) in [5, 5.41) is 2.53. The van der Waals surface area contributed by atoms with Gasteiger partial charge >= 0.3 is 0 Å². The van der Waals surface area contributed by atoms with Crippen molar-refractivity contribution in [1.29, 1.82) is 0 Å². The number of halogens is 1. The lowest BCUT2D eigenvalue weighted by molar-refractivity contribution is 0.0988. The summed E-state index contributed by atoms with van der Waals surface area (Å²) < 4.78 is 18.2. The van der Waals surface area contributed by atoms with Gasteiger partial charge in [0.15, 0.2) is 5.13 Å². The van der Waals surface area contributed by atoms with Gasteiger partial charge < -0.3 is 4.74 Å². The van der Waals surface area contributed by atoms with Crippen LogP contribution in [0.15, 0.2) is 53.9 Å². The summed E-state index contributed by atoms with van der Waals surface area (Å²) in [7, 11) is 1.62. The third kappa shape index (κ3) is 3.69. The molecule has 0 bridgehead atoms. The van der Waals surface area contributed by atoms with E-state index < -0.39 is 0 Å². The van der Waals surface area contributed by atoms with E-state index in [9.17, 15) is 9.18 Å². The summed E-state index contributed by atoms with van der Waals surface area (Å²) in [5.74, 6) is 0.217. The Balaban J connectivity index is 1.85. The number of thiazole rings is 1. The molecule has 3 aromatic rings. The second kappa shape index (κ2) is 7.44. The Labute approximate surface area is 149 Å². The van der Waals surface area contributed by atoms with Gasteiger partial charge in [0.1, 0.15) is 11.6 Å². The molecule has 4 nitrogen and oxygen atoms in total. The van der Waals surface area contributed by atoms with Crippen LogP contribution in [0, 0.1) is 5.82 Å². The fourth-order valence-corrected chi connectivity index (χ4v) is 3.29. The zero-order valence-electron chi connectivity index (χ0n) is 13.9. The predicted octanol–water partition coefficient (Wildman–Crippen LogP) is 4.62. The maximum Gasteiger partial charge on any atom is 0.260 e. The van der Waals surface area contributed by atoms with E-state index in [0.29, 0.717) is 17.2 Å². The number of carbonyl (C=O) groups is 1. The Morgan fingerprint density at radius 2 is 1.84 bits per heavy atom. The third-order valence-electron chi connectivity index (χ3n) is 3.76. The molecule has 2 aromatic carbocycles. The zero-order chi connectivity index (χ0) is 17.8. The van der Waals surface area contributed by atoms with Crippen molar-refractivity contribution in [2.75, 3.05) is 18.6 Å². The van der Waals surface area contributed by atoms with Crippen LogP contribution in [-0.4, -0.2) is 24.5 Å². The summed E-state index contributed by atoms with van der Waals surface area (Å²) in [6.45, 7) is 2.36. The van der Waals surface area contributed by atoms with Crippen molar-refractivity contribution in [2.24, 2.45) is 0 Å². The number of carbonyl (C=O) groups excluding carboxylic acids is 1. The Hall–Kier alpha value is -2.73. The molecule has 0 spiro atoms. The molecule has 6 heteroatoms. The van der Waals surface area contributed by atoms with Crippen LogP contribution >= 0.6 is 11.3 Å². The standard InChI is InChI=1S/C19H17FN2O2S/c1-3-22(18(23)14-4-8-15(20)9-5-14)19-21-17(12-25-19)13-6-10-16(24-2)11-7-13/h4-12H,3H2,1-2H3. The van der Waals surface area contributed by atoms with Crippen LogP contribution in [0.1, 0.15) is 17.3 Å². The van der Waals surface area contributed by atoms with Gasteiger partial charge in [-0.2, -0.15) is 0 Å². The number of ether oxygens (including phenoxy) is 1. The molecule has 0 N–H and O–H groups in total. The average Bonchev–Trinajstić information content (AvgIpc) is 3.12. The number of hydrogen-bond donors (Lipinski definition) is 0. The van der Waals surface area contributed by atoms with Gasteiger partial charge in [0, 0.05) is 23.1 Å². The number of aromatic nitrogens is 1. The molecular weight excluding hydrogens is 339 g/mol. The number of rotatable bonds is 5. The van der Waals surface area contributed by atoms with Crippen molar-refractivity contribution in [1.82, 2.24) is 4.98 Å². The van der Waals surface area contributed by atoms with Gasteiger partial charge in [-0.3, -0.25) is 9.69 Å². The number of methoxy groups -OCH3 is 1. The molecule has 128 valence electrons. The fraction of sp³-hybridized carbons (Fsp3) is 0.158. The largest absolute Gasteiger partial charge is 0.497 e. The van der Waals surface area contributed by atoms with Gasteiger partial charge in [-0.1, -0.05) is 0 Å². The first-order valence-corrected chi connectivity index (χ1v) is 8.67. The molecule has 0 aliphatic carbocycles. The van der Waals surface area contributed by atoms with Crippen LogP contribution in [0.2, 0.25) is 0 Å². The van der Waals surface area contributed by atoms with E-state index in [1.165, 1.54) is 35.6 Å². The summed E-state index contributed by atoms with van der Waals surface area (Å²) in [4.78, 5) is 18.8. The molecule has 0 fully saturated rings. The molecule has 1 amide bonds. The molecular formula is C19H17FN2O2S. The van der Waals surface area contributed by atoms with Crippen LogP contribution in [0.4, 0.5) is 9.52 Å².